The second-order valence-corrected chi connectivity index (χ2v) is 8.34. The molecule has 1 aliphatic heterocycles. The number of methoxy groups -OCH3 is 2. The fraction of sp³-hybridized carbons (Fsp3) is 0.667. The van der Waals surface area contributed by atoms with Crippen molar-refractivity contribution in [1.29, 1.82) is 0 Å². The van der Waals surface area contributed by atoms with Gasteiger partial charge in [0.15, 0.2) is 11.5 Å². The van der Waals surface area contributed by atoms with E-state index in [4.69, 9.17) is 14.2 Å². The molecule has 0 N–H and O–H groups in total. The predicted octanol–water partition coefficient (Wildman–Crippen LogP) is 4.14. The van der Waals surface area contributed by atoms with Crippen LogP contribution in [-0.4, -0.2) is 50.2 Å². The third-order valence-electron chi connectivity index (χ3n) is 6.35. The number of carbonyl (C=O) groups is 2. The standard InChI is InChI=1S/C24H35NO5/c1-28-21-13-12-18(17-22(21)29-2)14-16-30-24(27)20-11-7-8-15-25(20)23(26)19-9-5-3-4-6-10-19/h12-13,17,19-20H,3-11,14-16H2,1-2H3. The minimum absolute atomic E-state index is 0.0765. The van der Waals surface area contributed by atoms with Crippen molar-refractivity contribution in [2.75, 3.05) is 27.4 Å². The SMILES string of the molecule is COc1ccc(CCOC(=O)C2CCCCN2C(=O)C2CCCCCC2)cc1OC. The molecule has 0 aromatic heterocycles. The van der Waals surface area contributed by atoms with Gasteiger partial charge in [-0.25, -0.2) is 4.79 Å². The molecule has 1 atom stereocenters. The van der Waals surface area contributed by atoms with Gasteiger partial charge in [0.05, 0.1) is 20.8 Å². The summed E-state index contributed by atoms with van der Waals surface area (Å²) in [5.74, 6) is 1.31. The van der Waals surface area contributed by atoms with Crippen molar-refractivity contribution in [2.24, 2.45) is 5.92 Å². The van der Waals surface area contributed by atoms with E-state index >= 15 is 0 Å². The maximum Gasteiger partial charge on any atom is 0.328 e. The molecule has 1 saturated carbocycles. The second kappa shape index (κ2) is 11.2. The van der Waals surface area contributed by atoms with E-state index in [1.807, 2.05) is 23.1 Å². The van der Waals surface area contributed by atoms with E-state index in [0.29, 0.717) is 30.9 Å². The van der Waals surface area contributed by atoms with Gasteiger partial charge in [-0.1, -0.05) is 31.7 Å². The minimum Gasteiger partial charge on any atom is -0.493 e. The lowest BCUT2D eigenvalue weighted by Crippen LogP contribution is -2.50. The minimum atomic E-state index is -0.431. The number of rotatable bonds is 7. The number of amides is 1. The van der Waals surface area contributed by atoms with Crippen molar-refractivity contribution < 1.29 is 23.8 Å². The highest BCUT2D eigenvalue weighted by Gasteiger charge is 2.36. The van der Waals surface area contributed by atoms with Crippen LogP contribution in [0.15, 0.2) is 18.2 Å². The molecule has 1 aromatic rings. The predicted molar refractivity (Wildman–Crippen MR) is 115 cm³/mol. The van der Waals surface area contributed by atoms with Crippen LogP contribution in [0.2, 0.25) is 0 Å². The lowest BCUT2D eigenvalue weighted by Gasteiger charge is -2.36. The summed E-state index contributed by atoms with van der Waals surface area (Å²) >= 11 is 0. The number of ether oxygens (including phenoxy) is 3. The van der Waals surface area contributed by atoms with E-state index in [2.05, 4.69) is 0 Å². The fourth-order valence-corrected chi connectivity index (χ4v) is 4.60. The Labute approximate surface area is 179 Å². The molecule has 1 aliphatic carbocycles. The van der Waals surface area contributed by atoms with Gasteiger partial charge in [-0.3, -0.25) is 4.79 Å². The van der Waals surface area contributed by atoms with Crippen LogP contribution in [0.1, 0.15) is 63.4 Å². The maximum atomic E-state index is 13.1. The van der Waals surface area contributed by atoms with Gasteiger partial charge >= 0.3 is 5.97 Å². The van der Waals surface area contributed by atoms with Crippen molar-refractivity contribution in [2.45, 2.75) is 70.3 Å². The number of hydrogen-bond donors (Lipinski definition) is 0. The van der Waals surface area contributed by atoms with Gasteiger partial charge in [-0.05, 0) is 49.8 Å². The van der Waals surface area contributed by atoms with Crippen LogP contribution in [0, 0.1) is 5.92 Å². The zero-order valence-corrected chi connectivity index (χ0v) is 18.4. The van der Waals surface area contributed by atoms with E-state index < -0.39 is 6.04 Å². The quantitative estimate of drug-likeness (QED) is 0.493. The first-order valence-corrected chi connectivity index (χ1v) is 11.3. The third kappa shape index (κ3) is 5.67. The zero-order chi connectivity index (χ0) is 21.3. The molecule has 2 aliphatic rings. The van der Waals surface area contributed by atoms with Gasteiger partial charge in [0.2, 0.25) is 5.91 Å². The Morgan fingerprint density at radius 2 is 1.63 bits per heavy atom. The first-order valence-electron chi connectivity index (χ1n) is 11.3. The van der Waals surface area contributed by atoms with E-state index in [9.17, 15) is 9.59 Å². The monoisotopic (exact) mass is 417 g/mol. The molecule has 3 rings (SSSR count). The molecule has 166 valence electrons. The Balaban J connectivity index is 1.55. The molecule has 2 fully saturated rings. The van der Waals surface area contributed by atoms with Gasteiger partial charge in [-0.2, -0.15) is 0 Å². The number of esters is 1. The van der Waals surface area contributed by atoms with Crippen LogP contribution in [0.25, 0.3) is 0 Å². The average molecular weight is 418 g/mol. The summed E-state index contributed by atoms with van der Waals surface area (Å²) in [7, 11) is 3.20. The fourth-order valence-electron chi connectivity index (χ4n) is 4.60. The molecular weight excluding hydrogens is 382 g/mol. The lowest BCUT2D eigenvalue weighted by molar-refractivity contribution is -0.158. The van der Waals surface area contributed by atoms with Crippen molar-refractivity contribution in [3.8, 4) is 11.5 Å². The smallest absolute Gasteiger partial charge is 0.328 e. The highest BCUT2D eigenvalue weighted by Crippen LogP contribution is 2.29. The highest BCUT2D eigenvalue weighted by atomic mass is 16.5. The van der Waals surface area contributed by atoms with Crippen molar-refractivity contribution in [1.82, 2.24) is 4.90 Å². The summed E-state index contributed by atoms with van der Waals surface area (Å²) in [5.41, 5.74) is 1.01. The summed E-state index contributed by atoms with van der Waals surface area (Å²) in [4.78, 5) is 27.8. The molecule has 30 heavy (non-hydrogen) atoms. The van der Waals surface area contributed by atoms with Gasteiger partial charge in [-0.15, -0.1) is 0 Å². The molecule has 0 spiro atoms. The van der Waals surface area contributed by atoms with E-state index in [-0.39, 0.29) is 24.4 Å². The number of carbonyl (C=O) groups excluding carboxylic acids is 2. The molecule has 1 aromatic carbocycles. The number of nitrogens with zero attached hydrogens (tertiary/aromatic N) is 1. The maximum absolute atomic E-state index is 13.1. The van der Waals surface area contributed by atoms with Crippen molar-refractivity contribution in [3.63, 3.8) is 0 Å². The van der Waals surface area contributed by atoms with Crippen molar-refractivity contribution >= 4 is 11.9 Å². The number of hydrogen-bond acceptors (Lipinski definition) is 5. The summed E-state index contributed by atoms with van der Waals surface area (Å²) in [6, 6.07) is 5.26. The summed E-state index contributed by atoms with van der Waals surface area (Å²) < 4.78 is 16.2. The Morgan fingerprint density at radius 1 is 0.933 bits per heavy atom. The van der Waals surface area contributed by atoms with Gasteiger partial charge < -0.3 is 19.1 Å². The van der Waals surface area contributed by atoms with Crippen LogP contribution in [0.5, 0.6) is 11.5 Å². The zero-order valence-electron chi connectivity index (χ0n) is 18.4. The van der Waals surface area contributed by atoms with Crippen LogP contribution >= 0.6 is 0 Å². The average Bonchev–Trinajstić information content (AvgIpc) is 3.08. The topological polar surface area (TPSA) is 65.1 Å². The molecule has 0 bridgehead atoms. The molecule has 0 radical (unpaired) electrons. The second-order valence-electron chi connectivity index (χ2n) is 8.34. The molecule has 1 saturated heterocycles. The summed E-state index contributed by atoms with van der Waals surface area (Å²) in [6.45, 7) is 0.959. The van der Waals surface area contributed by atoms with E-state index in [0.717, 1.165) is 44.1 Å². The molecule has 6 nitrogen and oxygen atoms in total. The van der Waals surface area contributed by atoms with Crippen LogP contribution in [-0.2, 0) is 20.7 Å². The first kappa shape index (κ1) is 22.4. The van der Waals surface area contributed by atoms with Crippen molar-refractivity contribution in [3.05, 3.63) is 23.8 Å². The van der Waals surface area contributed by atoms with Crippen LogP contribution < -0.4 is 9.47 Å². The number of benzene rings is 1. The Hall–Kier alpha value is -2.24. The van der Waals surface area contributed by atoms with Crippen LogP contribution in [0.4, 0.5) is 0 Å². The summed E-state index contributed by atoms with van der Waals surface area (Å²) in [6.07, 6.45) is 9.79. The first-order chi connectivity index (χ1) is 14.6. The van der Waals surface area contributed by atoms with Crippen LogP contribution in [0.3, 0.4) is 0 Å². The normalized spacial score (nSPS) is 20.3. The Morgan fingerprint density at radius 3 is 2.33 bits per heavy atom. The van der Waals surface area contributed by atoms with E-state index in [1.165, 1.54) is 12.8 Å². The summed E-state index contributed by atoms with van der Waals surface area (Å²) in [5, 5.41) is 0. The third-order valence-corrected chi connectivity index (χ3v) is 6.35. The largest absolute Gasteiger partial charge is 0.493 e. The van der Waals surface area contributed by atoms with Gasteiger partial charge in [0.25, 0.3) is 0 Å². The molecule has 1 heterocycles. The highest BCUT2D eigenvalue weighted by molar-refractivity contribution is 5.86. The number of piperidine rings is 1. The lowest BCUT2D eigenvalue weighted by atomic mass is 9.94. The molecule has 1 unspecified atom stereocenters. The van der Waals surface area contributed by atoms with E-state index in [1.54, 1.807) is 14.2 Å². The molecular formula is C24H35NO5. The molecule has 6 heteroatoms. The Kier molecular flexibility index (Phi) is 8.40. The molecule has 1 amide bonds. The van der Waals surface area contributed by atoms with Gasteiger partial charge in [0.1, 0.15) is 6.04 Å². The number of likely N-dealkylation sites (tertiary alicyclic amines) is 1. The Bertz CT molecular complexity index is 712. The van der Waals surface area contributed by atoms with Gasteiger partial charge in [0, 0.05) is 18.9 Å².